The Labute approximate surface area is 97.4 Å². The maximum atomic E-state index is 13.4. The Morgan fingerprint density at radius 1 is 1.53 bits per heavy atom. The highest BCUT2D eigenvalue weighted by molar-refractivity contribution is 6.07. The first-order chi connectivity index (χ1) is 7.84. The van der Waals surface area contributed by atoms with E-state index in [2.05, 4.69) is 5.32 Å². The van der Waals surface area contributed by atoms with Gasteiger partial charge in [0.05, 0.1) is 0 Å². The summed E-state index contributed by atoms with van der Waals surface area (Å²) in [6.07, 6.45) is -0.353. The van der Waals surface area contributed by atoms with Gasteiger partial charge < -0.3 is 10.4 Å². The van der Waals surface area contributed by atoms with Crippen LogP contribution in [0.15, 0.2) is 12.1 Å². The van der Waals surface area contributed by atoms with E-state index in [1.165, 1.54) is 13.0 Å². The number of aryl methyl sites for hydroxylation is 1. The summed E-state index contributed by atoms with van der Waals surface area (Å²) >= 11 is 0. The number of hydrogen-bond acceptors (Lipinski definition) is 3. The number of Topliss-reactive ketones (excluding diaryl/α,β-unsaturated/α-hetero) is 1. The van der Waals surface area contributed by atoms with Gasteiger partial charge in [-0.25, -0.2) is 4.39 Å². The van der Waals surface area contributed by atoms with Crippen LogP contribution >= 0.6 is 0 Å². The van der Waals surface area contributed by atoms with Gasteiger partial charge in [-0.3, -0.25) is 9.59 Å². The van der Waals surface area contributed by atoms with Crippen LogP contribution in [0.3, 0.4) is 0 Å². The van der Waals surface area contributed by atoms with Gasteiger partial charge in [0.1, 0.15) is 11.6 Å². The first-order valence-corrected chi connectivity index (χ1v) is 5.18. The zero-order valence-electron chi connectivity index (χ0n) is 9.50. The number of carbonyl (C=O) groups is 2. The molecule has 2 rings (SSSR count). The molecule has 0 radical (unpaired) electrons. The minimum atomic E-state index is -1.95. The number of carbonyl (C=O) groups excluding carboxylic acids is 2. The van der Waals surface area contributed by atoms with Crippen molar-refractivity contribution in [2.75, 3.05) is 5.32 Å². The van der Waals surface area contributed by atoms with Crippen LogP contribution in [0.25, 0.3) is 0 Å². The van der Waals surface area contributed by atoms with Crippen LogP contribution < -0.4 is 5.32 Å². The van der Waals surface area contributed by atoms with Crippen molar-refractivity contribution in [1.82, 2.24) is 0 Å². The summed E-state index contributed by atoms with van der Waals surface area (Å²) in [6.45, 7) is 2.83. The lowest BCUT2D eigenvalue weighted by Gasteiger charge is -2.19. The Hall–Kier alpha value is -1.75. The molecule has 1 atom stereocenters. The third-order valence-corrected chi connectivity index (χ3v) is 2.87. The van der Waals surface area contributed by atoms with Crippen molar-refractivity contribution in [3.05, 3.63) is 29.1 Å². The van der Waals surface area contributed by atoms with E-state index in [0.29, 0.717) is 11.3 Å². The average Bonchev–Trinajstić information content (AvgIpc) is 2.41. The van der Waals surface area contributed by atoms with Crippen molar-refractivity contribution >= 4 is 17.4 Å². The number of benzene rings is 1. The van der Waals surface area contributed by atoms with Crippen molar-refractivity contribution in [1.29, 1.82) is 0 Å². The Morgan fingerprint density at radius 2 is 2.18 bits per heavy atom. The highest BCUT2D eigenvalue weighted by atomic mass is 19.1. The van der Waals surface area contributed by atoms with Crippen LogP contribution in [0.1, 0.15) is 24.5 Å². The van der Waals surface area contributed by atoms with E-state index in [9.17, 15) is 19.1 Å². The first-order valence-electron chi connectivity index (χ1n) is 5.18. The lowest BCUT2D eigenvalue weighted by Crippen LogP contribution is -2.36. The summed E-state index contributed by atoms with van der Waals surface area (Å²) in [5.74, 6) is -1.54. The van der Waals surface area contributed by atoms with Crippen LogP contribution in [0, 0.1) is 12.7 Å². The van der Waals surface area contributed by atoms with E-state index in [1.807, 2.05) is 0 Å². The predicted octanol–water partition coefficient (Wildman–Crippen LogP) is 1.25. The molecule has 1 aliphatic rings. The number of nitrogens with one attached hydrogen (secondary N) is 1. The number of anilines is 1. The van der Waals surface area contributed by atoms with E-state index in [0.717, 1.165) is 6.07 Å². The first kappa shape index (κ1) is 11.7. The van der Waals surface area contributed by atoms with Crippen LogP contribution in [0.4, 0.5) is 10.1 Å². The average molecular weight is 237 g/mol. The van der Waals surface area contributed by atoms with Gasteiger partial charge in [-0.2, -0.15) is 0 Å². The monoisotopic (exact) mass is 237 g/mol. The molecule has 0 bridgehead atoms. The number of amides is 1. The number of ketones is 1. The maximum absolute atomic E-state index is 13.4. The van der Waals surface area contributed by atoms with Crippen molar-refractivity contribution in [3.8, 4) is 0 Å². The second-order valence-electron chi connectivity index (χ2n) is 4.34. The molecule has 5 heteroatoms. The van der Waals surface area contributed by atoms with E-state index in [4.69, 9.17) is 0 Å². The van der Waals surface area contributed by atoms with Gasteiger partial charge in [0, 0.05) is 17.7 Å². The van der Waals surface area contributed by atoms with E-state index in [1.54, 1.807) is 6.92 Å². The quantitative estimate of drug-likeness (QED) is 0.813. The molecule has 1 aliphatic heterocycles. The highest BCUT2D eigenvalue weighted by Gasteiger charge is 2.46. The molecule has 0 saturated heterocycles. The number of halogens is 1. The largest absolute Gasteiger partial charge is 0.375 e. The smallest absolute Gasteiger partial charge is 0.261 e. The van der Waals surface area contributed by atoms with Gasteiger partial charge in [-0.15, -0.1) is 0 Å². The second-order valence-corrected chi connectivity index (χ2v) is 4.34. The fraction of sp³-hybridized carbons (Fsp3) is 0.333. The summed E-state index contributed by atoms with van der Waals surface area (Å²) in [7, 11) is 0. The Kier molecular flexibility index (Phi) is 2.50. The lowest BCUT2D eigenvalue weighted by molar-refractivity contribution is -0.139. The van der Waals surface area contributed by atoms with Gasteiger partial charge in [0.15, 0.2) is 5.60 Å². The van der Waals surface area contributed by atoms with Crippen LogP contribution in [0.2, 0.25) is 0 Å². The zero-order valence-corrected chi connectivity index (χ0v) is 9.50. The van der Waals surface area contributed by atoms with E-state index < -0.39 is 17.3 Å². The topological polar surface area (TPSA) is 66.4 Å². The molecular weight excluding hydrogens is 225 g/mol. The van der Waals surface area contributed by atoms with Crippen molar-refractivity contribution in [2.45, 2.75) is 25.9 Å². The van der Waals surface area contributed by atoms with Gasteiger partial charge in [0.25, 0.3) is 5.91 Å². The van der Waals surface area contributed by atoms with Gasteiger partial charge in [-0.05, 0) is 31.5 Å². The van der Waals surface area contributed by atoms with Crippen LogP contribution in [-0.2, 0) is 15.2 Å². The molecule has 0 aliphatic carbocycles. The maximum Gasteiger partial charge on any atom is 0.261 e. The fourth-order valence-corrected chi connectivity index (χ4v) is 2.01. The number of hydrogen-bond donors (Lipinski definition) is 2. The molecule has 0 fully saturated rings. The molecule has 1 aromatic rings. The fourth-order valence-electron chi connectivity index (χ4n) is 2.01. The Balaban J connectivity index is 2.57. The molecule has 0 saturated carbocycles. The molecule has 1 aromatic carbocycles. The third-order valence-electron chi connectivity index (χ3n) is 2.87. The summed E-state index contributed by atoms with van der Waals surface area (Å²) < 4.78 is 13.4. The normalized spacial score (nSPS) is 22.2. The van der Waals surface area contributed by atoms with Gasteiger partial charge in [0.2, 0.25) is 0 Å². The standard InChI is InChI=1S/C12H12FNO3/c1-6-3-10-8(4-9(6)13)12(17,5-7(2)15)11(16)14-10/h3-4,17H,5H2,1-2H3,(H,14,16). The summed E-state index contributed by atoms with van der Waals surface area (Å²) in [5.41, 5.74) is -1.09. The van der Waals surface area contributed by atoms with Crippen molar-refractivity contribution in [2.24, 2.45) is 0 Å². The van der Waals surface area contributed by atoms with Crippen LogP contribution in [-0.4, -0.2) is 16.8 Å². The molecular formula is C12H12FNO3. The second kappa shape index (κ2) is 3.63. The lowest BCUT2D eigenvalue weighted by atomic mass is 9.89. The van der Waals surface area contributed by atoms with E-state index >= 15 is 0 Å². The SMILES string of the molecule is CC(=O)CC1(O)C(=O)Nc2cc(C)c(F)cc21. The molecule has 0 aromatic heterocycles. The molecule has 2 N–H and O–H groups in total. The number of aliphatic hydroxyl groups is 1. The Bertz CT molecular complexity index is 527. The minimum Gasteiger partial charge on any atom is -0.375 e. The molecule has 1 unspecified atom stereocenters. The number of fused-ring (bicyclic) bond motifs is 1. The molecule has 17 heavy (non-hydrogen) atoms. The van der Waals surface area contributed by atoms with E-state index in [-0.39, 0.29) is 17.8 Å². The zero-order chi connectivity index (χ0) is 12.8. The summed E-state index contributed by atoms with van der Waals surface area (Å²) in [5, 5.41) is 12.7. The predicted molar refractivity (Wildman–Crippen MR) is 59.0 cm³/mol. The summed E-state index contributed by atoms with van der Waals surface area (Å²) in [4.78, 5) is 22.8. The third kappa shape index (κ3) is 1.72. The Morgan fingerprint density at radius 3 is 2.76 bits per heavy atom. The van der Waals surface area contributed by atoms with Gasteiger partial charge in [-0.1, -0.05) is 0 Å². The highest BCUT2D eigenvalue weighted by Crippen LogP contribution is 2.39. The number of rotatable bonds is 2. The molecule has 90 valence electrons. The minimum absolute atomic E-state index is 0.126. The molecule has 0 spiro atoms. The van der Waals surface area contributed by atoms with Crippen LogP contribution in [0.5, 0.6) is 0 Å². The molecule has 1 amide bonds. The molecule has 4 nitrogen and oxygen atoms in total. The summed E-state index contributed by atoms with van der Waals surface area (Å²) in [6, 6.07) is 2.55. The van der Waals surface area contributed by atoms with Crippen molar-refractivity contribution < 1.29 is 19.1 Å². The molecule has 1 heterocycles. The van der Waals surface area contributed by atoms with Crippen molar-refractivity contribution in [3.63, 3.8) is 0 Å². The van der Waals surface area contributed by atoms with Gasteiger partial charge >= 0.3 is 0 Å².